The van der Waals surface area contributed by atoms with Crippen LogP contribution in [0.1, 0.15) is 50.7 Å². The van der Waals surface area contributed by atoms with Crippen molar-refractivity contribution in [3.8, 4) is 0 Å². The molecule has 0 aliphatic carbocycles. The second-order valence-corrected chi connectivity index (χ2v) is 4.88. The highest BCUT2D eigenvalue weighted by molar-refractivity contribution is 5.28. The smallest absolute Gasteiger partial charge is 0.313 e. The highest BCUT2D eigenvalue weighted by Crippen LogP contribution is 2.32. The lowest BCUT2D eigenvalue weighted by atomic mass is 9.90. The molecular formula is C15H22F3N. The van der Waals surface area contributed by atoms with Crippen LogP contribution in [-0.4, -0.2) is 12.6 Å². The van der Waals surface area contributed by atoms with Crippen molar-refractivity contribution in [2.75, 3.05) is 6.54 Å². The first-order valence-electron chi connectivity index (χ1n) is 6.80. The fraction of sp³-hybridized carbons (Fsp3) is 0.600. The Bertz CT molecular complexity index is 387. The van der Waals surface area contributed by atoms with Gasteiger partial charge in [-0.1, -0.05) is 39.0 Å². The molecule has 1 nitrogen and oxygen atoms in total. The number of halogens is 3. The van der Waals surface area contributed by atoms with Crippen LogP contribution in [0.5, 0.6) is 0 Å². The maximum absolute atomic E-state index is 12.7. The van der Waals surface area contributed by atoms with Crippen LogP contribution in [0.3, 0.4) is 0 Å². The Balaban J connectivity index is 2.89. The van der Waals surface area contributed by atoms with Crippen LogP contribution in [0.2, 0.25) is 0 Å². The molecule has 108 valence electrons. The van der Waals surface area contributed by atoms with Gasteiger partial charge in [0.1, 0.15) is 0 Å². The van der Waals surface area contributed by atoms with Crippen molar-refractivity contribution < 1.29 is 13.2 Å². The van der Waals surface area contributed by atoms with E-state index in [2.05, 4.69) is 19.2 Å². The summed E-state index contributed by atoms with van der Waals surface area (Å²) in [5.74, 6) is 0.0684. The fourth-order valence-electron chi connectivity index (χ4n) is 2.23. The summed E-state index contributed by atoms with van der Waals surface area (Å²) in [4.78, 5) is 0. The van der Waals surface area contributed by atoms with Crippen molar-refractivity contribution in [2.24, 2.45) is 0 Å². The van der Waals surface area contributed by atoms with Gasteiger partial charge in [-0.2, -0.15) is 13.2 Å². The van der Waals surface area contributed by atoms with Gasteiger partial charge < -0.3 is 5.32 Å². The van der Waals surface area contributed by atoms with Crippen molar-refractivity contribution in [1.82, 2.24) is 5.32 Å². The van der Waals surface area contributed by atoms with Crippen LogP contribution in [-0.2, 0) is 6.18 Å². The molecule has 1 rings (SSSR count). The van der Waals surface area contributed by atoms with Gasteiger partial charge in [0.2, 0.25) is 0 Å². The van der Waals surface area contributed by atoms with E-state index in [0.717, 1.165) is 31.0 Å². The third-order valence-electron chi connectivity index (χ3n) is 3.44. The van der Waals surface area contributed by atoms with Gasteiger partial charge in [-0.3, -0.25) is 0 Å². The summed E-state index contributed by atoms with van der Waals surface area (Å²) >= 11 is 0. The molecular weight excluding hydrogens is 251 g/mol. The molecule has 0 spiro atoms. The van der Waals surface area contributed by atoms with Crippen LogP contribution in [0.4, 0.5) is 13.2 Å². The largest absolute Gasteiger partial charge is 0.416 e. The molecule has 0 aliphatic heterocycles. The predicted octanol–water partition coefficient (Wildman–Crippen LogP) is 4.59. The zero-order valence-electron chi connectivity index (χ0n) is 11.7. The first-order valence-corrected chi connectivity index (χ1v) is 6.80. The third-order valence-corrected chi connectivity index (χ3v) is 3.44. The van der Waals surface area contributed by atoms with Crippen LogP contribution in [0, 0.1) is 0 Å². The Kier molecular flexibility index (Phi) is 5.85. The Morgan fingerprint density at radius 1 is 1.21 bits per heavy atom. The van der Waals surface area contributed by atoms with Crippen LogP contribution >= 0.6 is 0 Å². The molecule has 1 N–H and O–H groups in total. The third kappa shape index (κ3) is 4.53. The summed E-state index contributed by atoms with van der Waals surface area (Å²) < 4.78 is 38.1. The molecule has 19 heavy (non-hydrogen) atoms. The lowest BCUT2D eigenvalue weighted by molar-refractivity contribution is -0.137. The quantitative estimate of drug-likeness (QED) is 0.799. The minimum absolute atomic E-state index is 0.0684. The standard InChI is InChI=1S/C15H22F3N/c1-4-9-19-14(5-2)11(3)12-7-6-8-13(10-12)15(16,17)18/h6-8,10-11,14,19H,4-5,9H2,1-3H3. The summed E-state index contributed by atoms with van der Waals surface area (Å²) in [5.41, 5.74) is 0.174. The van der Waals surface area contributed by atoms with Crippen molar-refractivity contribution >= 4 is 0 Å². The lowest BCUT2D eigenvalue weighted by Crippen LogP contribution is -2.33. The van der Waals surface area contributed by atoms with Crippen LogP contribution < -0.4 is 5.32 Å². The maximum Gasteiger partial charge on any atom is 0.416 e. The van der Waals surface area contributed by atoms with Gasteiger partial charge in [0, 0.05) is 6.04 Å². The van der Waals surface area contributed by atoms with Gasteiger partial charge in [-0.25, -0.2) is 0 Å². The molecule has 2 unspecified atom stereocenters. The predicted molar refractivity (Wildman–Crippen MR) is 72.2 cm³/mol. The summed E-state index contributed by atoms with van der Waals surface area (Å²) in [6, 6.07) is 5.86. The Labute approximate surface area is 113 Å². The van der Waals surface area contributed by atoms with E-state index in [1.807, 2.05) is 6.92 Å². The molecule has 2 atom stereocenters. The zero-order valence-corrected chi connectivity index (χ0v) is 11.7. The summed E-state index contributed by atoms with van der Waals surface area (Å²) in [6.07, 6.45) is -2.35. The van der Waals surface area contributed by atoms with Crippen molar-refractivity contribution in [3.05, 3.63) is 35.4 Å². The van der Waals surface area contributed by atoms with Crippen molar-refractivity contribution in [3.63, 3.8) is 0 Å². The van der Waals surface area contributed by atoms with E-state index < -0.39 is 11.7 Å². The molecule has 0 bridgehead atoms. The van der Waals surface area contributed by atoms with Gasteiger partial charge >= 0.3 is 6.18 Å². The topological polar surface area (TPSA) is 12.0 Å². The molecule has 1 aromatic carbocycles. The van der Waals surface area contributed by atoms with E-state index in [-0.39, 0.29) is 12.0 Å². The first kappa shape index (κ1) is 16.0. The minimum Gasteiger partial charge on any atom is -0.313 e. The van der Waals surface area contributed by atoms with Crippen LogP contribution in [0.25, 0.3) is 0 Å². The average Bonchev–Trinajstić information content (AvgIpc) is 2.38. The highest BCUT2D eigenvalue weighted by Gasteiger charge is 2.31. The van der Waals surface area contributed by atoms with E-state index in [1.165, 1.54) is 12.1 Å². The Hall–Kier alpha value is -1.03. The fourth-order valence-corrected chi connectivity index (χ4v) is 2.23. The summed E-state index contributed by atoms with van der Waals surface area (Å²) in [6.45, 7) is 7.00. The second kappa shape index (κ2) is 6.94. The normalized spacial score (nSPS) is 15.3. The van der Waals surface area contributed by atoms with E-state index in [4.69, 9.17) is 0 Å². The van der Waals surface area contributed by atoms with E-state index in [0.29, 0.717) is 0 Å². The Morgan fingerprint density at radius 3 is 2.42 bits per heavy atom. The summed E-state index contributed by atoms with van der Waals surface area (Å²) in [5, 5.41) is 3.39. The molecule has 0 saturated heterocycles. The van der Waals surface area contributed by atoms with E-state index in [9.17, 15) is 13.2 Å². The van der Waals surface area contributed by atoms with Crippen molar-refractivity contribution in [2.45, 2.75) is 51.7 Å². The van der Waals surface area contributed by atoms with E-state index in [1.54, 1.807) is 6.07 Å². The number of hydrogen-bond donors (Lipinski definition) is 1. The molecule has 0 saturated carbocycles. The van der Waals surface area contributed by atoms with Gasteiger partial charge in [-0.15, -0.1) is 0 Å². The van der Waals surface area contributed by atoms with Gasteiger partial charge in [0.25, 0.3) is 0 Å². The molecule has 0 aliphatic rings. The van der Waals surface area contributed by atoms with Gasteiger partial charge in [-0.05, 0) is 36.9 Å². The maximum atomic E-state index is 12.7. The SMILES string of the molecule is CCCNC(CC)C(C)c1cccc(C(F)(F)F)c1. The first-order chi connectivity index (χ1) is 8.90. The monoisotopic (exact) mass is 273 g/mol. The molecule has 1 aromatic rings. The molecule has 0 amide bonds. The highest BCUT2D eigenvalue weighted by atomic mass is 19.4. The number of rotatable bonds is 6. The second-order valence-electron chi connectivity index (χ2n) is 4.88. The van der Waals surface area contributed by atoms with Crippen LogP contribution in [0.15, 0.2) is 24.3 Å². The number of nitrogens with one attached hydrogen (secondary N) is 1. The lowest BCUT2D eigenvalue weighted by Gasteiger charge is -2.25. The number of hydrogen-bond acceptors (Lipinski definition) is 1. The van der Waals surface area contributed by atoms with Gasteiger partial charge in [0.15, 0.2) is 0 Å². The van der Waals surface area contributed by atoms with E-state index >= 15 is 0 Å². The molecule has 0 fully saturated rings. The minimum atomic E-state index is -4.27. The van der Waals surface area contributed by atoms with Gasteiger partial charge in [0.05, 0.1) is 5.56 Å². The zero-order chi connectivity index (χ0) is 14.5. The molecule has 0 heterocycles. The Morgan fingerprint density at radius 2 is 1.89 bits per heavy atom. The molecule has 0 aromatic heterocycles. The van der Waals surface area contributed by atoms with Crippen molar-refractivity contribution in [1.29, 1.82) is 0 Å². The summed E-state index contributed by atoms with van der Waals surface area (Å²) in [7, 11) is 0. The number of benzene rings is 1. The molecule has 4 heteroatoms. The average molecular weight is 273 g/mol. The number of alkyl halides is 3. The molecule has 0 radical (unpaired) electrons.